The number of hydrogen-bond acceptors (Lipinski definition) is 4. The van der Waals surface area contributed by atoms with Gasteiger partial charge in [-0.2, -0.15) is 0 Å². The van der Waals surface area contributed by atoms with Crippen molar-refractivity contribution in [3.63, 3.8) is 0 Å². The summed E-state index contributed by atoms with van der Waals surface area (Å²) < 4.78 is 0. The minimum atomic E-state index is -0.308. The number of hydrazine groups is 1. The van der Waals surface area contributed by atoms with E-state index in [4.69, 9.17) is 0 Å². The van der Waals surface area contributed by atoms with Crippen LogP contribution >= 0.6 is 11.3 Å². The smallest absolute Gasteiger partial charge is 0.279 e. The maximum absolute atomic E-state index is 12.2. The third-order valence-electron chi connectivity index (χ3n) is 4.78. The SMILES string of the molecule is CCN(CC)Cc1ccc(C(=O)NNC(=O)c2cc3c(s2)CCC3)cc1. The summed E-state index contributed by atoms with van der Waals surface area (Å²) in [7, 11) is 0. The number of aryl methyl sites for hydroxylation is 2. The van der Waals surface area contributed by atoms with Crippen LogP contribution in [0.4, 0.5) is 0 Å². The molecule has 1 aromatic carbocycles. The van der Waals surface area contributed by atoms with Crippen LogP contribution in [0.3, 0.4) is 0 Å². The Bertz CT molecular complexity index is 757. The summed E-state index contributed by atoms with van der Waals surface area (Å²) in [6, 6.07) is 9.44. The number of amides is 2. The number of benzene rings is 1. The Kier molecular flexibility index (Phi) is 6.06. The maximum Gasteiger partial charge on any atom is 0.279 e. The summed E-state index contributed by atoms with van der Waals surface area (Å²) in [5, 5.41) is 0. The molecule has 26 heavy (non-hydrogen) atoms. The van der Waals surface area contributed by atoms with Gasteiger partial charge in [0.1, 0.15) is 0 Å². The Morgan fingerprint density at radius 1 is 1.04 bits per heavy atom. The van der Waals surface area contributed by atoms with Gasteiger partial charge in [0.25, 0.3) is 11.8 Å². The quantitative estimate of drug-likeness (QED) is 0.767. The summed E-state index contributed by atoms with van der Waals surface area (Å²) in [4.78, 5) is 28.7. The lowest BCUT2D eigenvalue weighted by atomic mass is 10.1. The number of thiophene rings is 1. The molecule has 2 amide bonds. The largest absolute Gasteiger partial charge is 0.300 e. The number of rotatable bonds is 6. The zero-order chi connectivity index (χ0) is 18.5. The number of hydrogen-bond donors (Lipinski definition) is 2. The van der Waals surface area contributed by atoms with Crippen molar-refractivity contribution in [1.29, 1.82) is 0 Å². The lowest BCUT2D eigenvalue weighted by Crippen LogP contribution is -2.41. The van der Waals surface area contributed by atoms with Crippen molar-refractivity contribution in [2.75, 3.05) is 13.1 Å². The first kappa shape index (κ1) is 18.6. The van der Waals surface area contributed by atoms with E-state index in [0.717, 1.165) is 32.5 Å². The number of nitrogens with zero attached hydrogens (tertiary/aromatic N) is 1. The van der Waals surface area contributed by atoms with Gasteiger partial charge in [0.2, 0.25) is 0 Å². The third kappa shape index (κ3) is 4.31. The van der Waals surface area contributed by atoms with E-state index in [9.17, 15) is 9.59 Å². The van der Waals surface area contributed by atoms with Crippen LogP contribution in [0.25, 0.3) is 0 Å². The molecule has 6 heteroatoms. The minimum absolute atomic E-state index is 0.254. The fraction of sp³-hybridized carbons (Fsp3) is 0.400. The van der Waals surface area contributed by atoms with Gasteiger partial charge in [0, 0.05) is 17.0 Å². The van der Waals surface area contributed by atoms with Crippen molar-refractivity contribution in [3.8, 4) is 0 Å². The second-order valence-corrected chi connectivity index (χ2v) is 7.62. The van der Waals surface area contributed by atoms with Crippen molar-refractivity contribution in [2.45, 2.75) is 39.7 Å². The summed E-state index contributed by atoms with van der Waals surface area (Å²) in [5.41, 5.74) is 7.99. The van der Waals surface area contributed by atoms with Crippen LogP contribution in [0, 0.1) is 0 Å². The molecule has 0 saturated carbocycles. The molecule has 3 rings (SSSR count). The summed E-state index contributed by atoms with van der Waals surface area (Å²) >= 11 is 1.52. The lowest BCUT2D eigenvalue weighted by molar-refractivity contribution is 0.0849. The Morgan fingerprint density at radius 3 is 2.38 bits per heavy atom. The van der Waals surface area contributed by atoms with Gasteiger partial charge >= 0.3 is 0 Å². The van der Waals surface area contributed by atoms with Crippen LogP contribution in [0.5, 0.6) is 0 Å². The molecule has 2 N–H and O–H groups in total. The second kappa shape index (κ2) is 8.47. The van der Waals surface area contributed by atoms with E-state index >= 15 is 0 Å². The number of nitrogens with one attached hydrogen (secondary N) is 2. The molecule has 1 aliphatic carbocycles. The first-order valence-corrected chi connectivity index (χ1v) is 9.96. The molecule has 0 unspecified atom stereocenters. The van der Waals surface area contributed by atoms with Crippen molar-refractivity contribution < 1.29 is 9.59 Å². The monoisotopic (exact) mass is 371 g/mol. The molecule has 0 radical (unpaired) electrons. The van der Waals surface area contributed by atoms with Gasteiger partial charge in [-0.15, -0.1) is 11.3 Å². The van der Waals surface area contributed by atoms with Gasteiger partial charge in [-0.25, -0.2) is 0 Å². The van der Waals surface area contributed by atoms with Crippen molar-refractivity contribution in [3.05, 3.63) is 56.8 Å². The van der Waals surface area contributed by atoms with Gasteiger partial charge in [-0.1, -0.05) is 26.0 Å². The average molecular weight is 372 g/mol. The molecule has 1 aromatic heterocycles. The maximum atomic E-state index is 12.2. The Labute approximate surface area is 158 Å². The highest BCUT2D eigenvalue weighted by molar-refractivity contribution is 7.14. The summed E-state index contributed by atoms with van der Waals surface area (Å²) in [6.07, 6.45) is 3.27. The zero-order valence-corrected chi connectivity index (χ0v) is 16.1. The molecule has 0 fully saturated rings. The van der Waals surface area contributed by atoms with Crippen molar-refractivity contribution in [2.24, 2.45) is 0 Å². The van der Waals surface area contributed by atoms with E-state index < -0.39 is 0 Å². The van der Waals surface area contributed by atoms with Gasteiger partial charge < -0.3 is 0 Å². The highest BCUT2D eigenvalue weighted by atomic mass is 32.1. The molecular weight excluding hydrogens is 346 g/mol. The van der Waals surface area contributed by atoms with E-state index in [1.165, 1.54) is 33.8 Å². The number of carbonyl (C=O) groups excluding carboxylic acids is 2. The highest BCUT2D eigenvalue weighted by Gasteiger charge is 2.18. The number of carbonyl (C=O) groups is 2. The van der Waals surface area contributed by atoms with Crippen LogP contribution in [-0.2, 0) is 19.4 Å². The fourth-order valence-corrected chi connectivity index (χ4v) is 4.30. The molecule has 0 atom stereocenters. The van der Waals surface area contributed by atoms with Crippen LogP contribution < -0.4 is 10.9 Å². The van der Waals surface area contributed by atoms with E-state index in [0.29, 0.717) is 10.4 Å². The molecule has 0 spiro atoms. The molecule has 1 heterocycles. The molecule has 138 valence electrons. The minimum Gasteiger partial charge on any atom is -0.300 e. The first-order chi connectivity index (χ1) is 12.6. The average Bonchev–Trinajstić information content (AvgIpc) is 3.26. The Hall–Kier alpha value is -2.18. The molecule has 5 nitrogen and oxygen atoms in total. The normalized spacial score (nSPS) is 12.9. The van der Waals surface area contributed by atoms with E-state index in [-0.39, 0.29) is 11.8 Å². The topological polar surface area (TPSA) is 61.4 Å². The standard InChI is InChI=1S/C20H25N3O2S/c1-3-23(4-2)13-14-8-10-15(11-9-14)19(24)21-22-20(25)18-12-16-6-5-7-17(16)26-18/h8-12H,3-7,13H2,1-2H3,(H,21,24)(H,22,25). The van der Waals surface area contributed by atoms with Gasteiger partial charge in [0.15, 0.2) is 0 Å². The lowest BCUT2D eigenvalue weighted by Gasteiger charge is -2.18. The second-order valence-electron chi connectivity index (χ2n) is 6.48. The van der Waals surface area contributed by atoms with Gasteiger partial charge in [-0.3, -0.25) is 25.3 Å². The zero-order valence-electron chi connectivity index (χ0n) is 15.3. The Balaban J connectivity index is 1.53. The van der Waals surface area contributed by atoms with Crippen LogP contribution in [0.15, 0.2) is 30.3 Å². The molecule has 0 aliphatic heterocycles. The van der Waals surface area contributed by atoms with Crippen LogP contribution in [0.2, 0.25) is 0 Å². The predicted molar refractivity (Wildman–Crippen MR) is 104 cm³/mol. The van der Waals surface area contributed by atoms with E-state index in [1.807, 2.05) is 18.2 Å². The first-order valence-electron chi connectivity index (χ1n) is 9.14. The highest BCUT2D eigenvalue weighted by Crippen LogP contribution is 2.30. The molecule has 0 bridgehead atoms. The summed E-state index contributed by atoms with van der Waals surface area (Å²) in [5.74, 6) is -0.562. The number of fused-ring (bicyclic) bond motifs is 1. The van der Waals surface area contributed by atoms with Crippen LogP contribution in [-0.4, -0.2) is 29.8 Å². The molecule has 1 aliphatic rings. The van der Waals surface area contributed by atoms with Crippen molar-refractivity contribution >= 4 is 23.2 Å². The van der Waals surface area contributed by atoms with E-state index in [1.54, 1.807) is 12.1 Å². The Morgan fingerprint density at radius 2 is 1.73 bits per heavy atom. The molecular formula is C20H25N3O2S. The molecule has 0 saturated heterocycles. The van der Waals surface area contributed by atoms with Crippen LogP contribution in [0.1, 0.15) is 56.3 Å². The molecule has 2 aromatic rings. The van der Waals surface area contributed by atoms with Gasteiger partial charge in [-0.05, 0) is 61.7 Å². The summed E-state index contributed by atoms with van der Waals surface area (Å²) in [6.45, 7) is 7.13. The van der Waals surface area contributed by atoms with Gasteiger partial charge in [0.05, 0.1) is 4.88 Å². The fourth-order valence-electron chi connectivity index (χ4n) is 3.16. The third-order valence-corrected chi connectivity index (χ3v) is 6.01. The predicted octanol–water partition coefficient (Wildman–Crippen LogP) is 3.15. The van der Waals surface area contributed by atoms with Crippen molar-refractivity contribution in [1.82, 2.24) is 15.8 Å². The van der Waals surface area contributed by atoms with E-state index in [2.05, 4.69) is 29.6 Å².